The standard InChI is InChI=1S/C8H15IN2O2/c9-6-8(13)11-5-3-1-2-4-7(10)12/h1-6H2,(H2,10,12)(H,11,13). The van der Waals surface area contributed by atoms with Gasteiger partial charge in [-0.05, 0) is 12.8 Å². The molecule has 0 aromatic rings. The highest BCUT2D eigenvalue weighted by Crippen LogP contribution is 1.97. The van der Waals surface area contributed by atoms with Crippen LogP contribution in [0.2, 0.25) is 0 Å². The van der Waals surface area contributed by atoms with E-state index in [9.17, 15) is 9.59 Å². The van der Waals surface area contributed by atoms with Gasteiger partial charge in [0, 0.05) is 13.0 Å². The van der Waals surface area contributed by atoms with Crippen molar-refractivity contribution in [1.82, 2.24) is 5.32 Å². The lowest BCUT2D eigenvalue weighted by Gasteiger charge is -2.01. The Kier molecular flexibility index (Phi) is 8.07. The van der Waals surface area contributed by atoms with Crippen molar-refractivity contribution in [1.29, 1.82) is 0 Å². The average Bonchev–Trinajstić information content (AvgIpc) is 2.10. The number of carbonyl (C=O) groups is 2. The molecule has 5 heteroatoms. The van der Waals surface area contributed by atoms with Crippen molar-refractivity contribution >= 4 is 34.4 Å². The zero-order chi connectivity index (χ0) is 10.1. The van der Waals surface area contributed by atoms with Gasteiger partial charge in [-0.15, -0.1) is 0 Å². The first kappa shape index (κ1) is 12.7. The van der Waals surface area contributed by atoms with Crippen LogP contribution in [0, 0.1) is 0 Å². The quantitative estimate of drug-likeness (QED) is 0.410. The summed E-state index contributed by atoms with van der Waals surface area (Å²) in [6.45, 7) is 0.695. The molecule has 0 aromatic carbocycles. The Labute approximate surface area is 91.8 Å². The summed E-state index contributed by atoms with van der Waals surface area (Å²) >= 11 is 2.02. The predicted octanol–water partition coefficient (Wildman–Crippen LogP) is 0.583. The number of unbranched alkanes of at least 4 members (excludes halogenated alkanes) is 2. The monoisotopic (exact) mass is 298 g/mol. The SMILES string of the molecule is NC(=O)CCCCCNC(=O)CI. The molecule has 4 nitrogen and oxygen atoms in total. The molecule has 0 rings (SSSR count). The highest BCUT2D eigenvalue weighted by atomic mass is 127. The van der Waals surface area contributed by atoms with Crippen LogP contribution in [0.3, 0.4) is 0 Å². The summed E-state index contributed by atoms with van der Waals surface area (Å²) in [5.74, 6) is -0.188. The van der Waals surface area contributed by atoms with Crippen LogP contribution in [0.25, 0.3) is 0 Å². The van der Waals surface area contributed by atoms with Crippen LogP contribution in [0.15, 0.2) is 0 Å². The van der Waals surface area contributed by atoms with Crippen LogP contribution >= 0.6 is 22.6 Å². The minimum absolute atomic E-state index is 0.0653. The Balaban J connectivity index is 3.08. The van der Waals surface area contributed by atoms with Gasteiger partial charge in [-0.3, -0.25) is 9.59 Å². The average molecular weight is 298 g/mol. The van der Waals surface area contributed by atoms with E-state index in [1.54, 1.807) is 0 Å². The fraction of sp³-hybridized carbons (Fsp3) is 0.750. The molecule has 0 spiro atoms. The van der Waals surface area contributed by atoms with Gasteiger partial charge in [-0.2, -0.15) is 0 Å². The van der Waals surface area contributed by atoms with E-state index in [0.717, 1.165) is 19.3 Å². The number of nitrogens with two attached hydrogens (primary N) is 1. The number of nitrogens with one attached hydrogen (secondary N) is 1. The second kappa shape index (κ2) is 8.28. The minimum atomic E-state index is -0.253. The molecule has 0 heterocycles. The highest BCUT2D eigenvalue weighted by Gasteiger charge is 1.97. The highest BCUT2D eigenvalue weighted by molar-refractivity contribution is 14.1. The molecular formula is C8H15IN2O2. The van der Waals surface area contributed by atoms with E-state index < -0.39 is 0 Å². The lowest BCUT2D eigenvalue weighted by Crippen LogP contribution is -2.25. The second-order valence-corrected chi connectivity index (χ2v) is 3.52. The van der Waals surface area contributed by atoms with E-state index >= 15 is 0 Å². The first-order valence-corrected chi connectivity index (χ1v) is 5.80. The maximum Gasteiger partial charge on any atom is 0.229 e. The molecule has 0 aliphatic heterocycles. The van der Waals surface area contributed by atoms with Gasteiger partial charge in [0.05, 0.1) is 4.43 Å². The van der Waals surface area contributed by atoms with E-state index in [1.165, 1.54) is 0 Å². The van der Waals surface area contributed by atoms with Crippen LogP contribution < -0.4 is 11.1 Å². The van der Waals surface area contributed by atoms with Crippen molar-refractivity contribution in [3.05, 3.63) is 0 Å². The van der Waals surface area contributed by atoms with Gasteiger partial charge in [0.2, 0.25) is 11.8 Å². The molecule has 13 heavy (non-hydrogen) atoms. The molecule has 0 aromatic heterocycles. The van der Waals surface area contributed by atoms with E-state index in [0.29, 0.717) is 17.4 Å². The molecular weight excluding hydrogens is 283 g/mol. The third kappa shape index (κ3) is 9.59. The Morgan fingerprint density at radius 3 is 2.46 bits per heavy atom. The van der Waals surface area contributed by atoms with Crippen molar-refractivity contribution in [2.75, 3.05) is 11.0 Å². The summed E-state index contributed by atoms with van der Waals surface area (Å²) in [4.78, 5) is 21.1. The van der Waals surface area contributed by atoms with Gasteiger partial charge in [-0.25, -0.2) is 0 Å². The Morgan fingerprint density at radius 1 is 1.23 bits per heavy atom. The normalized spacial score (nSPS) is 9.62. The maximum absolute atomic E-state index is 10.8. The Bertz CT molecular complexity index is 174. The number of rotatable bonds is 7. The van der Waals surface area contributed by atoms with Gasteiger partial charge in [0.15, 0.2) is 0 Å². The van der Waals surface area contributed by atoms with Crippen molar-refractivity contribution in [2.45, 2.75) is 25.7 Å². The number of primary amides is 1. The van der Waals surface area contributed by atoms with Crippen molar-refractivity contribution in [3.8, 4) is 0 Å². The Hall–Kier alpha value is -0.330. The number of halogens is 1. The molecule has 2 amide bonds. The summed E-state index contributed by atoms with van der Waals surface area (Å²) in [5, 5.41) is 2.76. The molecule has 0 radical (unpaired) electrons. The molecule has 0 saturated carbocycles. The molecule has 0 bridgehead atoms. The molecule has 3 N–H and O–H groups in total. The van der Waals surface area contributed by atoms with Crippen molar-refractivity contribution in [2.24, 2.45) is 5.73 Å². The number of hydrogen-bond donors (Lipinski definition) is 2. The van der Waals surface area contributed by atoms with Crippen LogP contribution in [-0.4, -0.2) is 22.8 Å². The summed E-state index contributed by atoms with van der Waals surface area (Å²) in [7, 11) is 0. The number of carbonyl (C=O) groups excluding carboxylic acids is 2. The Morgan fingerprint density at radius 2 is 1.92 bits per heavy atom. The molecule has 76 valence electrons. The van der Waals surface area contributed by atoms with E-state index in [4.69, 9.17) is 5.73 Å². The topological polar surface area (TPSA) is 72.2 Å². The van der Waals surface area contributed by atoms with E-state index in [1.807, 2.05) is 22.6 Å². The number of amides is 2. The van der Waals surface area contributed by atoms with Crippen LogP contribution in [0.1, 0.15) is 25.7 Å². The second-order valence-electron chi connectivity index (χ2n) is 2.76. The fourth-order valence-corrected chi connectivity index (χ4v) is 1.15. The fourth-order valence-electron chi connectivity index (χ4n) is 0.876. The van der Waals surface area contributed by atoms with Crippen LogP contribution in [0.5, 0.6) is 0 Å². The molecule has 0 aliphatic rings. The first-order valence-electron chi connectivity index (χ1n) is 4.27. The summed E-state index contributed by atoms with van der Waals surface area (Å²) in [6.07, 6.45) is 3.11. The van der Waals surface area contributed by atoms with E-state index in [2.05, 4.69) is 5.32 Å². The third-order valence-electron chi connectivity index (χ3n) is 1.54. The largest absolute Gasteiger partial charge is 0.370 e. The number of alkyl halides is 1. The summed E-state index contributed by atoms with van der Waals surface area (Å²) < 4.78 is 0.499. The lowest BCUT2D eigenvalue weighted by molar-refractivity contribution is -0.119. The first-order chi connectivity index (χ1) is 6.16. The smallest absolute Gasteiger partial charge is 0.229 e. The zero-order valence-electron chi connectivity index (χ0n) is 7.51. The lowest BCUT2D eigenvalue weighted by atomic mass is 10.2. The molecule has 0 unspecified atom stereocenters. The van der Waals surface area contributed by atoms with Gasteiger partial charge in [0.1, 0.15) is 0 Å². The van der Waals surface area contributed by atoms with Gasteiger partial charge < -0.3 is 11.1 Å². The van der Waals surface area contributed by atoms with E-state index in [-0.39, 0.29) is 11.8 Å². The van der Waals surface area contributed by atoms with Crippen molar-refractivity contribution < 1.29 is 9.59 Å². The van der Waals surface area contributed by atoms with Gasteiger partial charge in [0.25, 0.3) is 0 Å². The molecule has 0 atom stereocenters. The predicted molar refractivity (Wildman–Crippen MR) is 59.6 cm³/mol. The number of hydrogen-bond acceptors (Lipinski definition) is 2. The van der Waals surface area contributed by atoms with Crippen LogP contribution in [0.4, 0.5) is 0 Å². The summed E-state index contributed by atoms with van der Waals surface area (Å²) in [5.41, 5.74) is 4.97. The van der Waals surface area contributed by atoms with Gasteiger partial charge in [-0.1, -0.05) is 29.0 Å². The van der Waals surface area contributed by atoms with Crippen LogP contribution in [-0.2, 0) is 9.59 Å². The zero-order valence-corrected chi connectivity index (χ0v) is 9.67. The third-order valence-corrected chi connectivity index (χ3v) is 2.24. The maximum atomic E-state index is 10.8. The summed E-state index contributed by atoms with van der Waals surface area (Å²) in [6, 6.07) is 0. The van der Waals surface area contributed by atoms with Crippen molar-refractivity contribution in [3.63, 3.8) is 0 Å². The minimum Gasteiger partial charge on any atom is -0.370 e. The molecule has 0 saturated heterocycles. The molecule has 0 fully saturated rings. The molecule has 0 aliphatic carbocycles. The van der Waals surface area contributed by atoms with Gasteiger partial charge >= 0.3 is 0 Å².